The number of benzene rings is 3. The molecule has 0 radical (unpaired) electrons. The summed E-state index contributed by atoms with van der Waals surface area (Å²) >= 11 is 1.71. The Morgan fingerprint density at radius 3 is 2.45 bits per heavy atom. The summed E-state index contributed by atoms with van der Waals surface area (Å²) in [6.07, 6.45) is 4.30. The number of likely N-dealkylation sites (tertiary alicyclic amines) is 1. The highest BCUT2D eigenvalue weighted by molar-refractivity contribution is 7.22. The molecule has 1 aliphatic rings. The summed E-state index contributed by atoms with van der Waals surface area (Å²) in [6.45, 7) is 3.71. The number of methoxy groups -OCH3 is 1. The Kier molecular flexibility index (Phi) is 6.77. The third-order valence-corrected chi connectivity index (χ3v) is 7.90. The number of fused-ring (bicyclic) bond motifs is 1. The molecule has 4 aromatic rings. The maximum Gasteiger partial charge on any atom is 0.120 e. The van der Waals surface area contributed by atoms with Crippen LogP contribution in [0, 0.1) is 0 Å². The van der Waals surface area contributed by atoms with Crippen molar-refractivity contribution in [3.63, 3.8) is 0 Å². The predicted molar refractivity (Wildman–Crippen MR) is 138 cm³/mol. The molecule has 1 unspecified atom stereocenters. The van der Waals surface area contributed by atoms with Crippen molar-refractivity contribution < 1.29 is 9.84 Å². The molecule has 0 saturated carbocycles. The largest absolute Gasteiger partial charge is 0.497 e. The van der Waals surface area contributed by atoms with Gasteiger partial charge in [0.05, 0.1) is 7.11 Å². The number of ether oxygens (including phenoxy) is 1. The van der Waals surface area contributed by atoms with E-state index >= 15 is 0 Å². The van der Waals surface area contributed by atoms with Crippen LogP contribution < -0.4 is 4.74 Å². The lowest BCUT2D eigenvalue weighted by Gasteiger charge is -2.16. The molecule has 0 aliphatic carbocycles. The first-order valence-electron chi connectivity index (χ1n) is 11.9. The minimum absolute atomic E-state index is 0.680. The minimum atomic E-state index is -0.680. The van der Waals surface area contributed by atoms with E-state index in [1.807, 2.05) is 24.3 Å². The summed E-state index contributed by atoms with van der Waals surface area (Å²) in [5.74, 6) is 0.836. The van der Waals surface area contributed by atoms with Crippen molar-refractivity contribution in [3.8, 4) is 16.2 Å². The molecule has 170 valence electrons. The number of thiophene rings is 1. The van der Waals surface area contributed by atoms with E-state index in [0.29, 0.717) is 0 Å². The number of rotatable bonds is 8. The summed E-state index contributed by atoms with van der Waals surface area (Å²) < 4.78 is 6.57. The lowest BCUT2D eigenvalue weighted by atomic mass is 9.95. The molecule has 1 aromatic heterocycles. The molecule has 5 rings (SSSR count). The van der Waals surface area contributed by atoms with Crippen molar-refractivity contribution in [3.05, 3.63) is 89.5 Å². The molecule has 2 heterocycles. The average molecular weight is 458 g/mol. The highest BCUT2D eigenvalue weighted by Gasteiger charge is 2.22. The summed E-state index contributed by atoms with van der Waals surface area (Å²) in [4.78, 5) is 3.68. The first-order valence-corrected chi connectivity index (χ1v) is 12.7. The molecule has 1 aliphatic heterocycles. The molecule has 1 saturated heterocycles. The summed E-state index contributed by atoms with van der Waals surface area (Å²) in [6, 6.07) is 25.0. The Labute approximate surface area is 200 Å². The second-order valence-electron chi connectivity index (χ2n) is 8.87. The van der Waals surface area contributed by atoms with Gasteiger partial charge in [0.25, 0.3) is 0 Å². The van der Waals surface area contributed by atoms with Crippen molar-refractivity contribution in [2.75, 3.05) is 26.7 Å². The van der Waals surface area contributed by atoms with Crippen LogP contribution in [0.3, 0.4) is 0 Å². The summed E-state index contributed by atoms with van der Waals surface area (Å²) in [5, 5.41) is 12.6. The van der Waals surface area contributed by atoms with Crippen LogP contribution in [-0.2, 0) is 6.42 Å². The van der Waals surface area contributed by atoms with Crippen LogP contribution in [0.15, 0.2) is 72.8 Å². The van der Waals surface area contributed by atoms with Crippen molar-refractivity contribution in [1.29, 1.82) is 0 Å². The van der Waals surface area contributed by atoms with Crippen LogP contribution in [0.4, 0.5) is 0 Å². The number of nitrogens with zero attached hydrogens (tertiary/aromatic N) is 1. The van der Waals surface area contributed by atoms with E-state index in [9.17, 15) is 5.11 Å². The lowest BCUT2D eigenvalue weighted by Crippen LogP contribution is -2.20. The molecule has 0 spiro atoms. The zero-order valence-electron chi connectivity index (χ0n) is 19.2. The highest BCUT2D eigenvalue weighted by atomic mass is 32.1. The SMILES string of the molecule is COc1ccc2c(C(O)c3ccc(CCCN4CCCC4)cc3)c(-c3ccccc3)sc2c1. The van der Waals surface area contributed by atoms with Crippen LogP contribution in [0.25, 0.3) is 20.5 Å². The van der Waals surface area contributed by atoms with Gasteiger partial charge in [-0.25, -0.2) is 0 Å². The second kappa shape index (κ2) is 10.1. The van der Waals surface area contributed by atoms with Crippen LogP contribution in [0.2, 0.25) is 0 Å². The van der Waals surface area contributed by atoms with Crippen molar-refractivity contribution in [1.82, 2.24) is 4.90 Å². The number of hydrogen-bond donors (Lipinski definition) is 1. The van der Waals surface area contributed by atoms with Gasteiger partial charge < -0.3 is 14.7 Å². The van der Waals surface area contributed by atoms with Crippen molar-refractivity contribution in [2.45, 2.75) is 31.8 Å². The molecular weight excluding hydrogens is 426 g/mol. The molecule has 1 N–H and O–H groups in total. The summed E-state index contributed by atoms with van der Waals surface area (Å²) in [7, 11) is 1.69. The zero-order chi connectivity index (χ0) is 22.6. The van der Waals surface area contributed by atoms with Gasteiger partial charge in [-0.1, -0.05) is 54.6 Å². The lowest BCUT2D eigenvalue weighted by molar-refractivity contribution is 0.223. The number of hydrogen-bond acceptors (Lipinski definition) is 4. The third kappa shape index (κ3) is 4.84. The smallest absolute Gasteiger partial charge is 0.120 e. The average Bonchev–Trinajstić information content (AvgIpc) is 3.52. The molecule has 4 heteroatoms. The van der Waals surface area contributed by atoms with E-state index in [1.165, 1.54) is 44.5 Å². The van der Waals surface area contributed by atoms with Crippen molar-refractivity contribution in [2.24, 2.45) is 0 Å². The van der Waals surface area contributed by atoms with Gasteiger partial charge in [0.2, 0.25) is 0 Å². The van der Waals surface area contributed by atoms with Gasteiger partial charge >= 0.3 is 0 Å². The topological polar surface area (TPSA) is 32.7 Å². The van der Waals surface area contributed by atoms with Crippen LogP contribution in [0.5, 0.6) is 5.75 Å². The van der Waals surface area contributed by atoms with Gasteiger partial charge in [-0.2, -0.15) is 0 Å². The van der Waals surface area contributed by atoms with Crippen LogP contribution in [-0.4, -0.2) is 36.8 Å². The zero-order valence-corrected chi connectivity index (χ0v) is 20.0. The Balaban J connectivity index is 1.41. The molecule has 3 aromatic carbocycles. The maximum absolute atomic E-state index is 11.5. The molecular formula is C29H31NO2S. The first kappa shape index (κ1) is 22.1. The van der Waals surface area contributed by atoms with Gasteiger partial charge in [0, 0.05) is 15.1 Å². The van der Waals surface area contributed by atoms with Crippen LogP contribution >= 0.6 is 11.3 Å². The van der Waals surface area contributed by atoms with Gasteiger partial charge in [0.1, 0.15) is 11.9 Å². The molecule has 0 amide bonds. The fourth-order valence-electron chi connectivity index (χ4n) is 4.85. The van der Waals surface area contributed by atoms with Crippen molar-refractivity contribution >= 4 is 21.4 Å². The molecule has 3 nitrogen and oxygen atoms in total. The second-order valence-corrected chi connectivity index (χ2v) is 9.92. The van der Waals surface area contributed by atoms with Gasteiger partial charge in [-0.15, -0.1) is 11.3 Å². The van der Waals surface area contributed by atoms with E-state index in [1.54, 1.807) is 18.4 Å². The maximum atomic E-state index is 11.5. The number of aliphatic hydroxyl groups is 1. The first-order chi connectivity index (χ1) is 16.2. The van der Waals surface area contributed by atoms with Crippen LogP contribution in [0.1, 0.15) is 42.1 Å². The summed E-state index contributed by atoms with van der Waals surface area (Å²) in [5.41, 5.74) is 4.38. The fourth-order valence-corrected chi connectivity index (χ4v) is 6.11. The standard InChI is InChI=1S/C29H31NO2S/c1-32-24-15-16-25-26(20-24)33-29(23-9-3-2-4-10-23)27(25)28(31)22-13-11-21(12-14-22)8-7-19-30-17-5-6-18-30/h2-4,9-16,20,28,31H,5-8,17-19H2,1H3. The Morgan fingerprint density at radius 2 is 1.73 bits per heavy atom. The van der Waals surface area contributed by atoms with E-state index in [-0.39, 0.29) is 0 Å². The Hall–Kier alpha value is -2.66. The minimum Gasteiger partial charge on any atom is -0.497 e. The van der Waals surface area contributed by atoms with Gasteiger partial charge in [-0.3, -0.25) is 0 Å². The molecule has 33 heavy (non-hydrogen) atoms. The number of aryl methyl sites for hydroxylation is 1. The third-order valence-electron chi connectivity index (χ3n) is 6.68. The Bertz CT molecular complexity index is 1190. The molecule has 1 atom stereocenters. The van der Waals surface area contributed by atoms with Gasteiger partial charge in [0.15, 0.2) is 0 Å². The van der Waals surface area contributed by atoms with E-state index < -0.39 is 6.10 Å². The molecule has 0 bridgehead atoms. The monoisotopic (exact) mass is 457 g/mol. The van der Waals surface area contributed by atoms with E-state index in [4.69, 9.17) is 4.74 Å². The fraction of sp³-hybridized carbons (Fsp3) is 0.310. The quantitative estimate of drug-likeness (QED) is 0.320. The normalized spacial score (nSPS) is 15.2. The Morgan fingerprint density at radius 1 is 0.970 bits per heavy atom. The van der Waals surface area contributed by atoms with E-state index in [0.717, 1.165) is 43.8 Å². The van der Waals surface area contributed by atoms with Gasteiger partial charge in [-0.05, 0) is 85.6 Å². The molecule has 1 fully saturated rings. The number of aliphatic hydroxyl groups excluding tert-OH is 1. The van der Waals surface area contributed by atoms with E-state index in [2.05, 4.69) is 53.4 Å². The highest BCUT2D eigenvalue weighted by Crippen LogP contribution is 2.44. The predicted octanol–water partition coefficient (Wildman–Crippen LogP) is 6.69.